The minimum absolute atomic E-state index is 0.0323. The molecule has 0 rings (SSSR count). The van der Waals surface area contributed by atoms with Crippen molar-refractivity contribution in [3.05, 3.63) is 11.7 Å². The molecule has 0 aromatic carbocycles. The zero-order chi connectivity index (χ0) is 25.0. The molecule has 8 nitrogen and oxygen atoms in total. The van der Waals surface area contributed by atoms with Gasteiger partial charge in [-0.1, -0.05) is 51.1 Å². The van der Waals surface area contributed by atoms with Crippen LogP contribution in [0.25, 0.3) is 0 Å². The Bertz CT molecular complexity index is 542. The van der Waals surface area contributed by atoms with E-state index in [1.165, 1.54) is 28.8 Å². The van der Waals surface area contributed by atoms with Crippen LogP contribution in [0, 0.1) is 11.3 Å². The first-order valence-electron chi connectivity index (χ1n) is 11.0. The summed E-state index contributed by atoms with van der Waals surface area (Å²) in [4.78, 5) is 44.4. The van der Waals surface area contributed by atoms with Crippen LogP contribution in [-0.2, 0) is 38.9 Å². The summed E-state index contributed by atoms with van der Waals surface area (Å²) in [6.07, 6.45) is 5.90. The van der Waals surface area contributed by atoms with Crippen LogP contribution >= 0.6 is 36.2 Å². The lowest BCUT2D eigenvalue weighted by atomic mass is 9.92. The van der Waals surface area contributed by atoms with Gasteiger partial charge in [0, 0.05) is 16.1 Å². The predicted octanol–water partition coefficient (Wildman–Crippen LogP) is 5.19. The highest BCUT2D eigenvalue weighted by molar-refractivity contribution is 8.01. The quantitative estimate of drug-likeness (QED) is 0.0467. The summed E-state index contributed by atoms with van der Waals surface area (Å²) in [5.41, 5.74) is -0.992. The molecule has 0 radical (unpaired) electrons. The molecule has 0 saturated heterocycles. The van der Waals surface area contributed by atoms with E-state index in [0.717, 1.165) is 19.3 Å². The van der Waals surface area contributed by atoms with Crippen LogP contribution in [0.1, 0.15) is 53.4 Å². The van der Waals surface area contributed by atoms with Crippen LogP contribution < -0.4 is 0 Å². The van der Waals surface area contributed by atoms with Gasteiger partial charge in [0.15, 0.2) is 0 Å². The van der Waals surface area contributed by atoms with Gasteiger partial charge >= 0.3 is 5.97 Å². The van der Waals surface area contributed by atoms with Gasteiger partial charge < -0.3 is 9.62 Å². The molecular formula is C22H38O8S3. The molecule has 0 N–H and O–H groups in total. The highest BCUT2D eigenvalue weighted by Crippen LogP contribution is 2.24. The fraction of sp³-hybridized carbons (Fsp3) is 0.773. The third-order valence-electron chi connectivity index (χ3n) is 4.49. The number of carbonyl (C=O) groups is 1. The second kappa shape index (κ2) is 20.7. The lowest BCUT2D eigenvalue weighted by Crippen LogP contribution is -2.43. The van der Waals surface area contributed by atoms with Crippen molar-refractivity contribution in [1.29, 1.82) is 0 Å². The first-order valence-corrected chi connectivity index (χ1v) is 13.2. The van der Waals surface area contributed by atoms with Crippen LogP contribution in [0.2, 0.25) is 0 Å². The summed E-state index contributed by atoms with van der Waals surface area (Å²) in [6.45, 7) is 7.36. The van der Waals surface area contributed by atoms with E-state index in [2.05, 4.69) is 6.92 Å². The minimum atomic E-state index is -0.992. The Hall–Kier alpha value is -0.660. The van der Waals surface area contributed by atoms with Gasteiger partial charge in [0.1, 0.15) is 31.7 Å². The van der Waals surface area contributed by atoms with Gasteiger partial charge in [-0.3, -0.25) is 4.79 Å². The monoisotopic (exact) mass is 526 g/mol. The molecule has 0 spiro atoms. The van der Waals surface area contributed by atoms with Crippen molar-refractivity contribution in [2.24, 2.45) is 11.3 Å². The average Bonchev–Trinajstić information content (AvgIpc) is 2.82. The number of hydrogen-bond acceptors (Lipinski definition) is 11. The van der Waals surface area contributed by atoms with E-state index in [1.807, 2.05) is 13.2 Å². The van der Waals surface area contributed by atoms with Crippen molar-refractivity contribution < 1.29 is 38.9 Å². The molecule has 0 saturated carbocycles. The van der Waals surface area contributed by atoms with Gasteiger partial charge in [-0.2, -0.15) is 4.89 Å². The van der Waals surface area contributed by atoms with Crippen molar-refractivity contribution in [3.8, 4) is 0 Å². The van der Waals surface area contributed by atoms with Crippen LogP contribution in [0.4, 0.5) is 0 Å². The van der Waals surface area contributed by atoms with E-state index in [-0.39, 0.29) is 38.3 Å². The van der Waals surface area contributed by atoms with Crippen molar-refractivity contribution >= 4 is 52.9 Å². The standard InChI is InChI=1S/C22H38O8S3/c1-6-8-9-20(7-2)21(23)24-14-22(15-26-25-10-11-33-5,16-27-29-18(3)12-31)17-28-30-19(4)13-32/h10-13,18-20H,6-9,14-17H2,1-5H3. The van der Waals surface area contributed by atoms with Gasteiger partial charge in [-0.05, 0) is 32.9 Å². The summed E-state index contributed by atoms with van der Waals surface area (Å²) in [6, 6.07) is 0. The molecule has 0 aliphatic rings. The molecular weight excluding hydrogens is 488 g/mol. The maximum Gasteiger partial charge on any atom is 0.308 e. The molecule has 0 aromatic heterocycles. The smallest absolute Gasteiger partial charge is 0.308 e. The van der Waals surface area contributed by atoms with Crippen LogP contribution in [-0.4, -0.2) is 61.6 Å². The molecule has 0 heterocycles. The third kappa shape index (κ3) is 15.8. The Kier molecular flexibility index (Phi) is 20.3. The highest BCUT2D eigenvalue weighted by Gasteiger charge is 2.37. The number of hydrogen-bond donors (Lipinski definition) is 0. The zero-order valence-electron chi connectivity index (χ0n) is 20.2. The van der Waals surface area contributed by atoms with Gasteiger partial charge in [-0.25, -0.2) is 19.6 Å². The average molecular weight is 527 g/mol. The minimum Gasteiger partial charge on any atom is -0.465 e. The Morgan fingerprint density at radius 3 is 2.03 bits per heavy atom. The Balaban J connectivity index is 5.39. The second-order valence-corrected chi connectivity index (χ2v) is 8.91. The van der Waals surface area contributed by atoms with Crippen LogP contribution in [0.15, 0.2) is 11.7 Å². The van der Waals surface area contributed by atoms with Gasteiger partial charge in [0.05, 0.1) is 24.5 Å². The molecule has 3 atom stereocenters. The SMILES string of the molecule is CCCCC(CC)C(=O)OCC(COOC=CSC)(COOC(C)C=S)COOC(C)C=S. The Morgan fingerprint density at radius 1 is 0.970 bits per heavy atom. The first kappa shape index (κ1) is 32.3. The zero-order valence-corrected chi connectivity index (χ0v) is 22.6. The third-order valence-corrected chi connectivity index (χ3v) is 5.64. The number of unbranched alkanes of at least 4 members (excludes halogenated alkanes) is 1. The van der Waals surface area contributed by atoms with E-state index in [9.17, 15) is 4.79 Å². The Labute approximate surface area is 212 Å². The number of ether oxygens (including phenoxy) is 1. The largest absolute Gasteiger partial charge is 0.465 e. The summed E-state index contributed by atoms with van der Waals surface area (Å²) in [5, 5.41) is 4.56. The topological polar surface area (TPSA) is 81.7 Å². The summed E-state index contributed by atoms with van der Waals surface area (Å²) in [7, 11) is 0. The molecule has 0 fully saturated rings. The molecule has 0 aliphatic carbocycles. The number of rotatable bonds is 22. The van der Waals surface area contributed by atoms with E-state index in [0.29, 0.717) is 6.42 Å². The van der Waals surface area contributed by atoms with E-state index in [1.54, 1.807) is 19.3 Å². The van der Waals surface area contributed by atoms with E-state index in [4.69, 9.17) is 58.5 Å². The van der Waals surface area contributed by atoms with Crippen molar-refractivity contribution in [2.45, 2.75) is 65.6 Å². The number of esters is 1. The van der Waals surface area contributed by atoms with Gasteiger partial charge in [0.25, 0.3) is 0 Å². The van der Waals surface area contributed by atoms with Crippen molar-refractivity contribution in [3.63, 3.8) is 0 Å². The normalized spacial score (nSPS) is 16.0. The van der Waals surface area contributed by atoms with Gasteiger partial charge in [0.2, 0.25) is 0 Å². The Morgan fingerprint density at radius 2 is 1.55 bits per heavy atom. The number of carbonyl (C=O) groups excluding carboxylic acids is 1. The fourth-order valence-electron chi connectivity index (χ4n) is 2.39. The second-order valence-electron chi connectivity index (χ2n) is 7.62. The lowest BCUT2D eigenvalue weighted by Gasteiger charge is -2.31. The van der Waals surface area contributed by atoms with Crippen molar-refractivity contribution in [2.75, 3.05) is 32.7 Å². The molecule has 0 aliphatic heterocycles. The van der Waals surface area contributed by atoms with Crippen LogP contribution in [0.3, 0.4) is 0 Å². The number of thiocarbonyl (C=S) groups is 2. The molecule has 3 unspecified atom stereocenters. The lowest BCUT2D eigenvalue weighted by molar-refractivity contribution is -0.369. The fourth-order valence-corrected chi connectivity index (χ4v) is 2.63. The number of thioether (sulfide) groups is 1. The summed E-state index contributed by atoms with van der Waals surface area (Å²) < 4.78 is 5.68. The van der Waals surface area contributed by atoms with Gasteiger partial charge in [-0.15, -0.1) is 11.8 Å². The van der Waals surface area contributed by atoms with Crippen molar-refractivity contribution in [1.82, 2.24) is 0 Å². The summed E-state index contributed by atoms with van der Waals surface area (Å²) >= 11 is 11.2. The first-order chi connectivity index (χ1) is 15.9. The molecule has 0 bridgehead atoms. The molecule has 0 amide bonds. The van der Waals surface area contributed by atoms with Crippen LogP contribution in [0.5, 0.6) is 0 Å². The molecule has 0 aromatic rings. The maximum atomic E-state index is 12.7. The van der Waals surface area contributed by atoms with E-state index >= 15 is 0 Å². The van der Waals surface area contributed by atoms with E-state index < -0.39 is 17.6 Å². The molecule has 11 heteroatoms. The maximum absolute atomic E-state index is 12.7. The summed E-state index contributed by atoms with van der Waals surface area (Å²) in [5.74, 6) is -0.455. The predicted molar refractivity (Wildman–Crippen MR) is 137 cm³/mol. The highest BCUT2D eigenvalue weighted by atomic mass is 32.2. The molecule has 33 heavy (non-hydrogen) atoms. The molecule has 192 valence electrons.